The maximum absolute atomic E-state index is 9.42. The minimum absolute atomic E-state index is 0.0985. The summed E-state index contributed by atoms with van der Waals surface area (Å²) in [6.07, 6.45) is 1.67. The molecule has 3 aromatic rings. The Morgan fingerprint density at radius 2 is 2.00 bits per heavy atom. The summed E-state index contributed by atoms with van der Waals surface area (Å²) in [5.74, 6) is 0.902. The molecule has 5 N–H and O–H groups in total. The molecular formula is C14H15N7O. The van der Waals surface area contributed by atoms with Crippen molar-refractivity contribution in [3.05, 3.63) is 47.8 Å². The van der Waals surface area contributed by atoms with E-state index in [2.05, 4.69) is 30.5 Å². The van der Waals surface area contributed by atoms with Gasteiger partial charge in [0.25, 0.3) is 0 Å². The molecule has 8 nitrogen and oxygen atoms in total. The van der Waals surface area contributed by atoms with Crippen molar-refractivity contribution in [1.29, 1.82) is 0 Å². The first-order valence-electron chi connectivity index (χ1n) is 6.69. The van der Waals surface area contributed by atoms with Crippen LogP contribution in [0.2, 0.25) is 0 Å². The number of nitrogen functional groups attached to an aromatic ring is 1. The van der Waals surface area contributed by atoms with Gasteiger partial charge < -0.3 is 16.2 Å². The molecule has 0 aliphatic heterocycles. The zero-order valence-electron chi connectivity index (χ0n) is 11.7. The van der Waals surface area contributed by atoms with Crippen molar-refractivity contribution < 1.29 is 5.11 Å². The zero-order chi connectivity index (χ0) is 15.4. The van der Waals surface area contributed by atoms with Gasteiger partial charge in [-0.25, -0.2) is 0 Å². The number of aliphatic hydroxyl groups excluding tert-OH is 1. The Labute approximate surface area is 126 Å². The van der Waals surface area contributed by atoms with E-state index < -0.39 is 0 Å². The zero-order valence-corrected chi connectivity index (χ0v) is 11.7. The van der Waals surface area contributed by atoms with Crippen molar-refractivity contribution in [3.8, 4) is 11.4 Å². The van der Waals surface area contributed by atoms with E-state index in [4.69, 9.17) is 5.73 Å². The molecule has 0 bridgehead atoms. The summed E-state index contributed by atoms with van der Waals surface area (Å²) in [5, 5.41) is 19.2. The van der Waals surface area contributed by atoms with Crippen LogP contribution < -0.4 is 11.1 Å². The molecule has 2 heterocycles. The number of hydrogen-bond acceptors (Lipinski definition) is 7. The van der Waals surface area contributed by atoms with Crippen LogP contribution in [0, 0.1) is 0 Å². The number of aromatic amines is 1. The summed E-state index contributed by atoms with van der Waals surface area (Å²) in [7, 11) is 0. The van der Waals surface area contributed by atoms with E-state index >= 15 is 0 Å². The van der Waals surface area contributed by atoms with Gasteiger partial charge in [0.2, 0.25) is 11.9 Å². The van der Waals surface area contributed by atoms with Crippen molar-refractivity contribution in [2.24, 2.45) is 0 Å². The molecule has 0 fully saturated rings. The SMILES string of the molecule is Nc1nc(NCc2ccn[nH]2)nc(-c2ccccc2CO)n1. The predicted molar refractivity (Wildman–Crippen MR) is 81.5 cm³/mol. The molecule has 1 aromatic carbocycles. The molecule has 0 atom stereocenters. The molecule has 2 aromatic heterocycles. The fourth-order valence-corrected chi connectivity index (χ4v) is 2.03. The minimum atomic E-state index is -0.0985. The van der Waals surface area contributed by atoms with Crippen LogP contribution >= 0.6 is 0 Å². The highest BCUT2D eigenvalue weighted by molar-refractivity contribution is 5.62. The van der Waals surface area contributed by atoms with Crippen LogP contribution in [-0.2, 0) is 13.2 Å². The van der Waals surface area contributed by atoms with Crippen molar-refractivity contribution in [1.82, 2.24) is 25.1 Å². The highest BCUT2D eigenvalue weighted by Crippen LogP contribution is 2.21. The standard InChI is InChI=1S/C14H15N7O/c15-13-18-12(11-4-2-1-3-9(11)8-22)19-14(20-13)16-7-10-5-6-17-21-10/h1-6,22H,7-8H2,(H,17,21)(H3,15,16,18,19,20). The quantitative estimate of drug-likeness (QED) is 0.552. The second kappa shape index (κ2) is 6.19. The first kappa shape index (κ1) is 14.0. The van der Waals surface area contributed by atoms with Gasteiger partial charge in [0.15, 0.2) is 5.82 Å². The predicted octanol–water partition coefficient (Wildman–Crippen LogP) is 0.948. The Hall–Kier alpha value is -3.00. The third-order valence-corrected chi connectivity index (χ3v) is 3.08. The maximum Gasteiger partial charge on any atom is 0.228 e. The third-order valence-electron chi connectivity index (χ3n) is 3.08. The average Bonchev–Trinajstić information content (AvgIpc) is 3.06. The summed E-state index contributed by atoms with van der Waals surface area (Å²) >= 11 is 0. The Morgan fingerprint density at radius 1 is 1.14 bits per heavy atom. The van der Waals surface area contributed by atoms with E-state index in [0.29, 0.717) is 18.3 Å². The van der Waals surface area contributed by atoms with E-state index in [-0.39, 0.29) is 12.6 Å². The summed E-state index contributed by atoms with van der Waals surface area (Å²) in [6, 6.07) is 9.19. The number of nitrogens with zero attached hydrogens (tertiary/aromatic N) is 4. The third kappa shape index (κ3) is 3.01. The van der Waals surface area contributed by atoms with Gasteiger partial charge in [-0.05, 0) is 11.6 Å². The molecule has 0 amide bonds. The molecule has 0 unspecified atom stereocenters. The van der Waals surface area contributed by atoms with E-state index in [1.54, 1.807) is 6.20 Å². The highest BCUT2D eigenvalue weighted by atomic mass is 16.3. The second-order valence-corrected chi connectivity index (χ2v) is 4.59. The number of hydrogen-bond donors (Lipinski definition) is 4. The topological polar surface area (TPSA) is 126 Å². The van der Waals surface area contributed by atoms with Gasteiger partial charge in [-0.3, -0.25) is 5.10 Å². The normalized spacial score (nSPS) is 10.6. The second-order valence-electron chi connectivity index (χ2n) is 4.59. The van der Waals surface area contributed by atoms with E-state index in [1.807, 2.05) is 30.3 Å². The number of aromatic nitrogens is 5. The maximum atomic E-state index is 9.42. The monoisotopic (exact) mass is 297 g/mol. The largest absolute Gasteiger partial charge is 0.392 e. The number of benzene rings is 1. The number of aliphatic hydroxyl groups is 1. The Morgan fingerprint density at radius 3 is 2.77 bits per heavy atom. The lowest BCUT2D eigenvalue weighted by molar-refractivity contribution is 0.282. The summed E-state index contributed by atoms with van der Waals surface area (Å²) in [4.78, 5) is 12.6. The fourth-order valence-electron chi connectivity index (χ4n) is 2.03. The molecule has 0 aliphatic carbocycles. The van der Waals surface area contributed by atoms with Crippen LogP contribution in [0.4, 0.5) is 11.9 Å². The Kier molecular flexibility index (Phi) is 3.92. The van der Waals surface area contributed by atoms with E-state index in [9.17, 15) is 5.11 Å². The van der Waals surface area contributed by atoms with Gasteiger partial charge in [0.05, 0.1) is 18.8 Å². The van der Waals surface area contributed by atoms with Gasteiger partial charge in [0, 0.05) is 11.8 Å². The van der Waals surface area contributed by atoms with Crippen LogP contribution in [0.15, 0.2) is 36.5 Å². The van der Waals surface area contributed by atoms with Gasteiger partial charge in [-0.1, -0.05) is 24.3 Å². The van der Waals surface area contributed by atoms with E-state index in [0.717, 1.165) is 16.8 Å². The Bertz CT molecular complexity index is 758. The van der Waals surface area contributed by atoms with Crippen LogP contribution in [0.3, 0.4) is 0 Å². The molecule has 3 rings (SSSR count). The molecular weight excluding hydrogens is 282 g/mol. The first-order valence-corrected chi connectivity index (χ1v) is 6.69. The van der Waals surface area contributed by atoms with Crippen LogP contribution in [-0.4, -0.2) is 30.3 Å². The number of nitrogens with two attached hydrogens (primary N) is 1. The van der Waals surface area contributed by atoms with Crippen LogP contribution in [0.1, 0.15) is 11.3 Å². The van der Waals surface area contributed by atoms with E-state index in [1.165, 1.54) is 0 Å². The fraction of sp³-hybridized carbons (Fsp3) is 0.143. The molecule has 0 spiro atoms. The van der Waals surface area contributed by atoms with Gasteiger partial charge in [0.1, 0.15) is 0 Å². The number of H-pyrrole nitrogens is 1. The summed E-state index contributed by atoms with van der Waals surface area (Å²) < 4.78 is 0. The smallest absolute Gasteiger partial charge is 0.228 e. The lowest BCUT2D eigenvalue weighted by Gasteiger charge is -2.09. The van der Waals surface area contributed by atoms with Gasteiger partial charge in [-0.2, -0.15) is 20.1 Å². The van der Waals surface area contributed by atoms with Gasteiger partial charge in [-0.15, -0.1) is 0 Å². The highest BCUT2D eigenvalue weighted by Gasteiger charge is 2.10. The molecule has 22 heavy (non-hydrogen) atoms. The number of rotatable bonds is 5. The summed E-state index contributed by atoms with van der Waals surface area (Å²) in [6.45, 7) is 0.392. The average molecular weight is 297 g/mol. The van der Waals surface area contributed by atoms with Crippen molar-refractivity contribution in [3.63, 3.8) is 0 Å². The molecule has 0 radical (unpaired) electrons. The number of nitrogens with one attached hydrogen (secondary N) is 2. The molecule has 0 aliphatic rings. The molecule has 8 heteroatoms. The molecule has 0 saturated heterocycles. The minimum Gasteiger partial charge on any atom is -0.392 e. The van der Waals surface area contributed by atoms with Crippen molar-refractivity contribution in [2.45, 2.75) is 13.2 Å². The van der Waals surface area contributed by atoms with Crippen LogP contribution in [0.5, 0.6) is 0 Å². The van der Waals surface area contributed by atoms with Crippen LogP contribution in [0.25, 0.3) is 11.4 Å². The van der Waals surface area contributed by atoms with Crippen molar-refractivity contribution in [2.75, 3.05) is 11.1 Å². The lowest BCUT2D eigenvalue weighted by atomic mass is 10.1. The van der Waals surface area contributed by atoms with Crippen molar-refractivity contribution >= 4 is 11.9 Å². The summed E-state index contributed by atoms with van der Waals surface area (Å²) in [5.41, 5.74) is 8.11. The molecule has 112 valence electrons. The first-order chi connectivity index (χ1) is 10.8. The van der Waals surface area contributed by atoms with Gasteiger partial charge >= 0.3 is 0 Å². The number of anilines is 2. The lowest BCUT2D eigenvalue weighted by Crippen LogP contribution is -2.09. The molecule has 0 saturated carbocycles. The Balaban J connectivity index is 1.89.